The lowest BCUT2D eigenvalue weighted by molar-refractivity contribution is -0.145. The maximum Gasteiger partial charge on any atom is 0.378 e. The van der Waals surface area contributed by atoms with Crippen LogP contribution in [0.1, 0.15) is 23.1 Å². The number of aromatic nitrogens is 4. The molecule has 21 heavy (non-hydrogen) atoms. The molecular formula is C13H14N4O4. The normalized spacial score (nSPS) is 10.1. The molecular weight excluding hydrogens is 276 g/mol. The van der Waals surface area contributed by atoms with Crippen LogP contribution in [-0.2, 0) is 27.4 Å². The Hall–Kier alpha value is -2.77. The van der Waals surface area contributed by atoms with E-state index >= 15 is 0 Å². The van der Waals surface area contributed by atoms with E-state index in [1.165, 1.54) is 0 Å². The first-order chi connectivity index (χ1) is 10.2. The van der Waals surface area contributed by atoms with Crippen LogP contribution in [0, 0.1) is 0 Å². The number of rotatable bonds is 6. The molecule has 1 aromatic heterocycles. The molecule has 0 bridgehead atoms. The predicted octanol–water partition coefficient (Wildman–Crippen LogP) is 0.593. The van der Waals surface area contributed by atoms with Gasteiger partial charge in [0.1, 0.15) is 13.2 Å². The van der Waals surface area contributed by atoms with Gasteiger partial charge in [-0.25, -0.2) is 9.48 Å². The summed E-state index contributed by atoms with van der Waals surface area (Å²) in [5.74, 6) is -1.36. The van der Waals surface area contributed by atoms with E-state index < -0.39 is 11.9 Å². The van der Waals surface area contributed by atoms with Crippen LogP contribution < -0.4 is 0 Å². The molecule has 0 radical (unpaired) electrons. The second-order valence-corrected chi connectivity index (χ2v) is 4.03. The standard InChI is InChI=1S/C13H14N4O4/c1-2-20-13(19)12-14-15-16-17(12)8-11(18)21-9-10-6-4-3-5-7-10/h3-7H,2,8-9H2,1H3. The number of hydrogen-bond donors (Lipinski definition) is 0. The van der Waals surface area contributed by atoms with Gasteiger partial charge in [0.15, 0.2) is 0 Å². The zero-order valence-corrected chi connectivity index (χ0v) is 11.4. The molecule has 0 aliphatic rings. The van der Waals surface area contributed by atoms with Gasteiger partial charge in [0.25, 0.3) is 5.82 Å². The van der Waals surface area contributed by atoms with Crippen molar-refractivity contribution < 1.29 is 19.1 Å². The first kappa shape index (κ1) is 14.6. The molecule has 2 rings (SSSR count). The van der Waals surface area contributed by atoms with Crippen LogP contribution in [0.2, 0.25) is 0 Å². The Balaban J connectivity index is 1.91. The summed E-state index contributed by atoms with van der Waals surface area (Å²) in [6.07, 6.45) is 0. The summed E-state index contributed by atoms with van der Waals surface area (Å²) in [5.41, 5.74) is 0.869. The van der Waals surface area contributed by atoms with Crippen LogP contribution in [0.15, 0.2) is 30.3 Å². The Kier molecular flexibility index (Phi) is 4.97. The van der Waals surface area contributed by atoms with E-state index in [1.807, 2.05) is 30.3 Å². The third-order valence-electron chi connectivity index (χ3n) is 2.51. The lowest BCUT2D eigenvalue weighted by Gasteiger charge is -2.06. The fraction of sp³-hybridized carbons (Fsp3) is 0.308. The fourth-order valence-corrected chi connectivity index (χ4v) is 1.56. The van der Waals surface area contributed by atoms with Crippen molar-refractivity contribution in [3.63, 3.8) is 0 Å². The van der Waals surface area contributed by atoms with Crippen LogP contribution in [0.4, 0.5) is 0 Å². The highest BCUT2D eigenvalue weighted by Crippen LogP contribution is 2.02. The molecule has 0 saturated heterocycles. The van der Waals surface area contributed by atoms with E-state index in [0.29, 0.717) is 0 Å². The lowest BCUT2D eigenvalue weighted by atomic mass is 10.2. The van der Waals surface area contributed by atoms with Crippen molar-refractivity contribution in [1.82, 2.24) is 20.2 Å². The van der Waals surface area contributed by atoms with Crippen molar-refractivity contribution in [3.8, 4) is 0 Å². The quantitative estimate of drug-likeness (QED) is 0.718. The minimum Gasteiger partial charge on any atom is -0.460 e. The van der Waals surface area contributed by atoms with Gasteiger partial charge in [-0.1, -0.05) is 30.3 Å². The topological polar surface area (TPSA) is 96.2 Å². The van der Waals surface area contributed by atoms with Crippen LogP contribution >= 0.6 is 0 Å². The molecule has 8 nitrogen and oxygen atoms in total. The first-order valence-corrected chi connectivity index (χ1v) is 6.33. The Morgan fingerprint density at radius 2 is 1.95 bits per heavy atom. The van der Waals surface area contributed by atoms with Crippen LogP contribution in [0.25, 0.3) is 0 Å². The number of carbonyl (C=O) groups is 2. The predicted molar refractivity (Wildman–Crippen MR) is 70.0 cm³/mol. The van der Waals surface area contributed by atoms with E-state index in [9.17, 15) is 9.59 Å². The molecule has 0 fully saturated rings. The molecule has 0 unspecified atom stereocenters. The van der Waals surface area contributed by atoms with Gasteiger partial charge in [-0.2, -0.15) is 0 Å². The zero-order valence-electron chi connectivity index (χ0n) is 11.4. The molecule has 0 aliphatic carbocycles. The summed E-state index contributed by atoms with van der Waals surface area (Å²) in [4.78, 5) is 23.3. The minimum absolute atomic E-state index is 0.131. The molecule has 0 aliphatic heterocycles. The fourth-order valence-electron chi connectivity index (χ4n) is 1.56. The maximum atomic E-state index is 11.7. The van der Waals surface area contributed by atoms with Gasteiger partial charge >= 0.3 is 11.9 Å². The van der Waals surface area contributed by atoms with Crippen molar-refractivity contribution >= 4 is 11.9 Å². The maximum absolute atomic E-state index is 11.7. The van der Waals surface area contributed by atoms with Crippen molar-refractivity contribution in [3.05, 3.63) is 41.7 Å². The number of benzene rings is 1. The molecule has 0 spiro atoms. The summed E-state index contributed by atoms with van der Waals surface area (Å²) in [7, 11) is 0. The Morgan fingerprint density at radius 3 is 2.67 bits per heavy atom. The van der Waals surface area contributed by atoms with Crippen LogP contribution in [0.3, 0.4) is 0 Å². The molecule has 0 amide bonds. The van der Waals surface area contributed by atoms with Gasteiger partial charge in [0.2, 0.25) is 0 Å². The van der Waals surface area contributed by atoms with Gasteiger partial charge in [0.05, 0.1) is 6.61 Å². The first-order valence-electron chi connectivity index (χ1n) is 6.33. The van der Waals surface area contributed by atoms with Gasteiger partial charge < -0.3 is 9.47 Å². The second-order valence-electron chi connectivity index (χ2n) is 4.03. The van der Waals surface area contributed by atoms with Crippen molar-refractivity contribution in [2.45, 2.75) is 20.1 Å². The number of ether oxygens (including phenoxy) is 2. The number of nitrogens with zero attached hydrogens (tertiary/aromatic N) is 4. The molecule has 8 heteroatoms. The SMILES string of the molecule is CCOC(=O)c1nnnn1CC(=O)OCc1ccccc1. The van der Waals surface area contributed by atoms with Crippen molar-refractivity contribution in [2.75, 3.05) is 6.61 Å². The van der Waals surface area contributed by atoms with Gasteiger partial charge in [-0.15, -0.1) is 5.10 Å². The minimum atomic E-state index is -0.682. The molecule has 110 valence electrons. The molecule has 1 aromatic carbocycles. The van der Waals surface area contributed by atoms with Gasteiger partial charge in [0, 0.05) is 0 Å². The van der Waals surface area contributed by atoms with E-state index in [-0.39, 0.29) is 25.6 Å². The summed E-state index contributed by atoms with van der Waals surface area (Å²) in [6, 6.07) is 9.26. The van der Waals surface area contributed by atoms with E-state index in [4.69, 9.17) is 9.47 Å². The molecule has 0 N–H and O–H groups in total. The Labute approximate surface area is 120 Å². The Morgan fingerprint density at radius 1 is 1.19 bits per heavy atom. The average Bonchev–Trinajstić information content (AvgIpc) is 2.95. The number of carbonyl (C=O) groups excluding carboxylic acids is 2. The van der Waals surface area contributed by atoms with Crippen LogP contribution in [0.5, 0.6) is 0 Å². The Bertz CT molecular complexity index is 612. The highest BCUT2D eigenvalue weighted by atomic mass is 16.5. The van der Waals surface area contributed by atoms with E-state index in [2.05, 4.69) is 15.5 Å². The average molecular weight is 290 g/mol. The van der Waals surface area contributed by atoms with Crippen molar-refractivity contribution in [1.29, 1.82) is 0 Å². The zero-order chi connectivity index (χ0) is 15.1. The highest BCUT2D eigenvalue weighted by Gasteiger charge is 2.19. The number of esters is 2. The van der Waals surface area contributed by atoms with E-state index in [0.717, 1.165) is 10.2 Å². The summed E-state index contributed by atoms with van der Waals surface area (Å²) >= 11 is 0. The smallest absolute Gasteiger partial charge is 0.378 e. The van der Waals surface area contributed by atoms with Crippen LogP contribution in [-0.4, -0.2) is 38.8 Å². The summed E-state index contributed by atoms with van der Waals surface area (Å²) in [5, 5.41) is 10.4. The van der Waals surface area contributed by atoms with Gasteiger partial charge in [-0.3, -0.25) is 4.79 Å². The highest BCUT2D eigenvalue weighted by molar-refractivity contribution is 5.85. The monoisotopic (exact) mass is 290 g/mol. The molecule has 1 heterocycles. The number of tetrazole rings is 1. The largest absolute Gasteiger partial charge is 0.460 e. The van der Waals surface area contributed by atoms with E-state index in [1.54, 1.807) is 6.92 Å². The number of hydrogen-bond acceptors (Lipinski definition) is 7. The molecule has 0 saturated carbocycles. The summed E-state index contributed by atoms with van der Waals surface area (Å²) < 4.78 is 10.9. The molecule has 2 aromatic rings. The third kappa shape index (κ3) is 4.10. The molecule has 0 atom stereocenters. The second kappa shape index (κ2) is 7.13. The third-order valence-corrected chi connectivity index (χ3v) is 2.51. The lowest BCUT2D eigenvalue weighted by Crippen LogP contribution is -2.20. The van der Waals surface area contributed by atoms with Crippen molar-refractivity contribution in [2.24, 2.45) is 0 Å². The summed E-state index contributed by atoms with van der Waals surface area (Å²) in [6.45, 7) is 1.76. The van der Waals surface area contributed by atoms with Gasteiger partial charge in [-0.05, 0) is 22.9 Å².